The van der Waals surface area contributed by atoms with Crippen molar-refractivity contribution in [3.63, 3.8) is 0 Å². The molecular formula is C44H73N11O14S. The zero-order chi connectivity index (χ0) is 53.1. The molecule has 394 valence electrons. The summed E-state index contributed by atoms with van der Waals surface area (Å²) in [6.45, 7) is 4.23. The number of aliphatic carboxylic acids is 1. The number of hydrogen-bond donors (Lipinski definition) is 15. The first-order valence-corrected chi connectivity index (χ1v) is 24.3. The summed E-state index contributed by atoms with van der Waals surface area (Å²) in [5.74, 6) is -10.1. The summed E-state index contributed by atoms with van der Waals surface area (Å²) in [5, 5.41) is 59.4. The number of thioether (sulfide) groups is 1. The highest BCUT2D eigenvalue weighted by atomic mass is 32.2. The Morgan fingerprint density at radius 2 is 1.06 bits per heavy atom. The average molecular weight is 1010 g/mol. The third-order valence-electron chi connectivity index (χ3n) is 10.9. The van der Waals surface area contributed by atoms with Crippen molar-refractivity contribution < 1.29 is 68.4 Å². The van der Waals surface area contributed by atoms with E-state index in [-0.39, 0.29) is 25.0 Å². The molecule has 70 heavy (non-hydrogen) atoms. The molecule has 0 saturated carbocycles. The zero-order valence-electron chi connectivity index (χ0n) is 40.2. The second kappa shape index (κ2) is 32.8. The van der Waals surface area contributed by atoms with Crippen LogP contribution in [0.5, 0.6) is 0 Å². The van der Waals surface area contributed by atoms with E-state index >= 15 is 0 Å². The number of primary amides is 1. The van der Waals surface area contributed by atoms with Crippen LogP contribution >= 0.6 is 11.8 Å². The van der Waals surface area contributed by atoms with Crippen LogP contribution in [0.4, 0.5) is 0 Å². The molecule has 0 aliphatic heterocycles. The lowest BCUT2D eigenvalue weighted by Gasteiger charge is -2.28. The Bertz CT molecular complexity index is 1900. The van der Waals surface area contributed by atoms with Crippen molar-refractivity contribution in [2.75, 3.05) is 31.8 Å². The van der Waals surface area contributed by atoms with Crippen molar-refractivity contribution in [2.45, 2.75) is 140 Å². The molecule has 0 unspecified atom stereocenters. The highest BCUT2D eigenvalue weighted by Gasteiger charge is 2.36. The summed E-state index contributed by atoms with van der Waals surface area (Å²) in [4.78, 5) is 131. The summed E-state index contributed by atoms with van der Waals surface area (Å²) in [6, 6.07) is -4.74. The molecule has 0 radical (unpaired) electrons. The fraction of sp³-hybridized carbons (Fsp3) is 0.636. The number of nitrogens with two attached hydrogens (primary N) is 3. The standard InChI is InChI=1S/C44H73N11O14S/c1-6-23(2)34(54-36(60)24(3)46)42(66)51-30(20-26-12-8-7-9-13-26)39(63)48-27(15-16-33(47)59)37(61)52-32(22-57)41(65)53-31(21-56)40(64)49-28(17-19-70-5)38(62)55-35(25(4)58)43(67)50-29(44(68)69)14-10-11-18-45/h7-9,12-13,23-25,27-32,34-35,56-58H,6,10-11,14-22,45-46H2,1-5H3,(H2,47,59)(H,48,63)(H,49,64)(H,50,67)(H,51,66)(H,52,61)(H,53,65)(H,54,60)(H,55,62)(H,68,69)/t23-,24-,25+,27-,28-,29-,30-,31-,32-,34-,35-/m0/s1. The highest BCUT2D eigenvalue weighted by molar-refractivity contribution is 7.98. The van der Waals surface area contributed by atoms with Gasteiger partial charge in [0.1, 0.15) is 48.3 Å². The topological polar surface area (TPSA) is 426 Å². The molecule has 0 spiro atoms. The van der Waals surface area contributed by atoms with Gasteiger partial charge in [0.15, 0.2) is 0 Å². The molecule has 0 heterocycles. The van der Waals surface area contributed by atoms with Crippen LogP contribution in [0.15, 0.2) is 30.3 Å². The fourth-order valence-electron chi connectivity index (χ4n) is 6.52. The van der Waals surface area contributed by atoms with Gasteiger partial charge >= 0.3 is 5.97 Å². The van der Waals surface area contributed by atoms with E-state index in [1.165, 1.54) is 25.6 Å². The van der Waals surface area contributed by atoms with Crippen molar-refractivity contribution in [1.29, 1.82) is 0 Å². The van der Waals surface area contributed by atoms with Crippen molar-refractivity contribution in [3.8, 4) is 0 Å². The fourth-order valence-corrected chi connectivity index (χ4v) is 6.99. The molecule has 25 nitrogen and oxygen atoms in total. The second-order valence-electron chi connectivity index (χ2n) is 16.7. The number of carboxylic acid groups (broad SMARTS) is 1. The Labute approximate surface area is 411 Å². The average Bonchev–Trinajstić information content (AvgIpc) is 3.31. The van der Waals surface area contributed by atoms with Gasteiger partial charge in [-0.05, 0) is 76.0 Å². The normalized spacial score (nSPS) is 15.8. The SMILES string of the molecule is CC[C@H](C)[C@H](NC(=O)[C@H](C)N)C(=O)N[C@@H](Cc1ccccc1)C(=O)N[C@@H](CCC(N)=O)C(=O)N[C@@H](CO)C(=O)N[C@@H](CO)C(=O)N[C@@H](CCSC)C(=O)N[C@H](C(=O)N[C@@H](CCCCN)C(=O)O)[C@@H](C)O. The Kier molecular flexibility index (Phi) is 29.1. The minimum atomic E-state index is -1.85. The summed E-state index contributed by atoms with van der Waals surface area (Å²) >= 11 is 1.28. The Balaban J connectivity index is 3.32. The van der Waals surface area contributed by atoms with Gasteiger partial charge in [-0.15, -0.1) is 0 Å². The highest BCUT2D eigenvalue weighted by Crippen LogP contribution is 2.12. The predicted octanol–water partition coefficient (Wildman–Crippen LogP) is -4.90. The van der Waals surface area contributed by atoms with Gasteiger partial charge in [0.05, 0.1) is 25.4 Å². The Morgan fingerprint density at radius 3 is 1.53 bits per heavy atom. The van der Waals surface area contributed by atoms with Gasteiger partial charge in [0.25, 0.3) is 0 Å². The maximum Gasteiger partial charge on any atom is 0.326 e. The summed E-state index contributed by atoms with van der Waals surface area (Å²) in [5.41, 5.74) is 17.1. The summed E-state index contributed by atoms with van der Waals surface area (Å²) < 4.78 is 0. The van der Waals surface area contributed by atoms with Gasteiger partial charge in [0, 0.05) is 12.8 Å². The monoisotopic (exact) mass is 1010 g/mol. The van der Waals surface area contributed by atoms with Gasteiger partial charge in [-0.25, -0.2) is 4.79 Å². The molecule has 0 fully saturated rings. The number of carbonyl (C=O) groups is 10. The number of nitrogens with one attached hydrogen (secondary N) is 8. The van der Waals surface area contributed by atoms with E-state index < -0.39 is 152 Å². The molecular weight excluding hydrogens is 939 g/mol. The molecule has 1 rings (SSSR count). The number of aliphatic hydroxyl groups is 3. The van der Waals surface area contributed by atoms with Gasteiger partial charge in [-0.1, -0.05) is 50.6 Å². The molecule has 0 bridgehead atoms. The molecule has 18 N–H and O–H groups in total. The molecule has 0 aromatic heterocycles. The van der Waals surface area contributed by atoms with Crippen molar-refractivity contribution >= 4 is 70.9 Å². The third-order valence-corrected chi connectivity index (χ3v) is 11.6. The molecule has 0 aliphatic rings. The minimum Gasteiger partial charge on any atom is -0.480 e. The van der Waals surface area contributed by atoms with Gasteiger partial charge in [0.2, 0.25) is 53.2 Å². The van der Waals surface area contributed by atoms with E-state index in [9.17, 15) is 68.4 Å². The van der Waals surface area contributed by atoms with Gasteiger partial charge < -0.3 is 80.2 Å². The van der Waals surface area contributed by atoms with E-state index in [4.69, 9.17) is 17.2 Å². The van der Waals surface area contributed by atoms with Crippen LogP contribution in [0.1, 0.15) is 78.2 Å². The van der Waals surface area contributed by atoms with Crippen LogP contribution in [0.25, 0.3) is 0 Å². The maximum atomic E-state index is 14.0. The number of carboxylic acids is 1. The van der Waals surface area contributed by atoms with Crippen LogP contribution in [0.3, 0.4) is 0 Å². The number of carbonyl (C=O) groups excluding carboxylic acids is 9. The van der Waals surface area contributed by atoms with Crippen molar-refractivity contribution in [1.82, 2.24) is 42.5 Å². The summed E-state index contributed by atoms with van der Waals surface area (Å²) in [6.07, 6.45) is 0.413. The quantitative estimate of drug-likeness (QED) is 0.0288. The molecule has 1 aromatic rings. The number of amides is 9. The number of rotatable bonds is 34. The number of benzene rings is 1. The molecule has 26 heteroatoms. The lowest BCUT2D eigenvalue weighted by atomic mass is 9.96. The smallest absolute Gasteiger partial charge is 0.326 e. The van der Waals surface area contributed by atoms with Gasteiger partial charge in [-0.2, -0.15) is 11.8 Å². The van der Waals surface area contributed by atoms with Crippen LogP contribution in [-0.2, 0) is 54.4 Å². The van der Waals surface area contributed by atoms with Crippen LogP contribution in [0, 0.1) is 5.92 Å². The third kappa shape index (κ3) is 22.2. The first-order valence-electron chi connectivity index (χ1n) is 22.9. The maximum absolute atomic E-state index is 14.0. The van der Waals surface area contributed by atoms with E-state index in [1.807, 2.05) is 0 Å². The van der Waals surface area contributed by atoms with Crippen LogP contribution in [0.2, 0.25) is 0 Å². The van der Waals surface area contributed by atoms with E-state index in [0.717, 1.165) is 0 Å². The Hall–Kier alpha value is -5.93. The lowest BCUT2D eigenvalue weighted by Crippen LogP contribution is -2.62. The first-order chi connectivity index (χ1) is 33.0. The van der Waals surface area contributed by atoms with Crippen LogP contribution < -0.4 is 59.7 Å². The number of aliphatic hydroxyl groups excluding tert-OH is 3. The minimum absolute atomic E-state index is 0.0160. The molecule has 1 aromatic carbocycles. The van der Waals surface area contributed by atoms with E-state index in [2.05, 4.69) is 42.5 Å². The van der Waals surface area contributed by atoms with Crippen molar-refractivity contribution in [2.24, 2.45) is 23.1 Å². The van der Waals surface area contributed by atoms with Crippen LogP contribution in [-0.4, -0.2) is 172 Å². The zero-order valence-corrected chi connectivity index (χ0v) is 41.1. The Morgan fingerprint density at radius 1 is 0.600 bits per heavy atom. The van der Waals surface area contributed by atoms with E-state index in [1.54, 1.807) is 50.4 Å². The molecule has 9 amide bonds. The lowest BCUT2D eigenvalue weighted by molar-refractivity contribution is -0.143. The molecule has 0 aliphatic carbocycles. The number of unbranched alkanes of at least 4 members (excludes halogenated alkanes) is 1. The molecule has 11 atom stereocenters. The molecule has 0 saturated heterocycles. The largest absolute Gasteiger partial charge is 0.480 e. The van der Waals surface area contributed by atoms with Gasteiger partial charge in [-0.3, -0.25) is 43.2 Å². The van der Waals surface area contributed by atoms with Crippen molar-refractivity contribution in [3.05, 3.63) is 35.9 Å². The first kappa shape index (κ1) is 62.1. The number of hydrogen-bond acceptors (Lipinski definition) is 16. The van der Waals surface area contributed by atoms with E-state index in [0.29, 0.717) is 31.4 Å². The predicted molar refractivity (Wildman–Crippen MR) is 257 cm³/mol. The summed E-state index contributed by atoms with van der Waals surface area (Å²) in [7, 11) is 0. The second-order valence-corrected chi connectivity index (χ2v) is 17.7.